The van der Waals surface area contributed by atoms with E-state index < -0.39 is 58.6 Å². The van der Waals surface area contributed by atoms with Gasteiger partial charge in [-0.15, -0.1) is 14.3 Å². The van der Waals surface area contributed by atoms with E-state index in [1.807, 2.05) is 19.1 Å². The van der Waals surface area contributed by atoms with Gasteiger partial charge in [-0.2, -0.15) is 0 Å². The molecule has 1 aliphatic rings. The summed E-state index contributed by atoms with van der Waals surface area (Å²) in [6.45, 7) is 3.66. The molecular formula is C27H26N4O8S3. The second-order valence-corrected chi connectivity index (χ2v) is 15.5. The first kappa shape index (κ1) is 29.6. The largest absolute Gasteiger partial charge is 0.423 e. The molecule has 1 aliphatic heterocycles. The molecule has 1 aromatic heterocycles. The van der Waals surface area contributed by atoms with Crippen LogP contribution >= 0.6 is 0 Å². The molecule has 0 saturated carbocycles. The van der Waals surface area contributed by atoms with Gasteiger partial charge in [0.2, 0.25) is 21.8 Å². The fourth-order valence-corrected chi connectivity index (χ4v) is 8.97. The van der Waals surface area contributed by atoms with E-state index >= 15 is 0 Å². The van der Waals surface area contributed by atoms with Gasteiger partial charge in [0, 0.05) is 5.56 Å². The molecule has 0 aliphatic carbocycles. The molecule has 0 amide bonds. The first-order valence-electron chi connectivity index (χ1n) is 12.5. The van der Waals surface area contributed by atoms with Crippen LogP contribution in [0.2, 0.25) is 0 Å². The minimum Gasteiger partial charge on any atom is -0.423 e. The van der Waals surface area contributed by atoms with Crippen LogP contribution in [0.25, 0.3) is 0 Å². The summed E-state index contributed by atoms with van der Waals surface area (Å²) in [7, 11) is -13.0. The van der Waals surface area contributed by atoms with Crippen LogP contribution in [-0.4, -0.2) is 46.4 Å². The van der Waals surface area contributed by atoms with Gasteiger partial charge in [0.15, 0.2) is 21.2 Å². The molecule has 42 heavy (non-hydrogen) atoms. The van der Waals surface area contributed by atoms with Crippen molar-refractivity contribution < 1.29 is 34.5 Å². The van der Waals surface area contributed by atoms with Crippen molar-refractivity contribution >= 4 is 35.6 Å². The average Bonchev–Trinajstić information content (AvgIpc) is 3.56. The summed E-state index contributed by atoms with van der Waals surface area (Å²) >= 11 is 0. The van der Waals surface area contributed by atoms with Crippen LogP contribution in [0.4, 0.5) is 0 Å². The van der Waals surface area contributed by atoms with Gasteiger partial charge in [0.25, 0.3) is 10.0 Å². The first-order chi connectivity index (χ1) is 19.8. The van der Waals surface area contributed by atoms with Crippen LogP contribution < -0.4 is 4.13 Å². The molecule has 0 spiro atoms. The predicted octanol–water partition coefficient (Wildman–Crippen LogP) is 2.95. The average molecular weight is 631 g/mol. The highest BCUT2D eigenvalue weighted by Gasteiger charge is 2.46. The number of aromatic nitrogens is 2. The molecule has 15 heteroatoms. The number of hydrogen-bond donors (Lipinski definition) is 1. The van der Waals surface area contributed by atoms with Crippen LogP contribution in [0.5, 0.6) is 0 Å². The lowest BCUT2D eigenvalue weighted by Crippen LogP contribution is -2.34. The van der Waals surface area contributed by atoms with Crippen molar-refractivity contribution in [1.82, 2.24) is 14.3 Å². The molecule has 0 fully saturated rings. The van der Waals surface area contributed by atoms with Gasteiger partial charge < -0.3 is 9.25 Å². The van der Waals surface area contributed by atoms with Crippen molar-refractivity contribution in [1.29, 1.82) is 0 Å². The Morgan fingerprint density at radius 1 is 0.738 bits per heavy atom. The predicted molar refractivity (Wildman–Crippen MR) is 153 cm³/mol. The van der Waals surface area contributed by atoms with Crippen LogP contribution in [0.1, 0.15) is 40.1 Å². The van der Waals surface area contributed by atoms with Gasteiger partial charge >= 0.3 is 0 Å². The van der Waals surface area contributed by atoms with E-state index in [4.69, 9.17) is 9.25 Å². The van der Waals surface area contributed by atoms with E-state index in [1.165, 1.54) is 24.3 Å². The van der Waals surface area contributed by atoms with Gasteiger partial charge in [-0.05, 0) is 31.5 Å². The zero-order chi connectivity index (χ0) is 30.1. The molecule has 0 saturated heterocycles. The molecule has 12 nitrogen and oxygen atoms in total. The third-order valence-corrected chi connectivity index (χ3v) is 11.7. The third-order valence-electron chi connectivity index (χ3n) is 6.39. The Balaban J connectivity index is 1.37. The Morgan fingerprint density at radius 2 is 1.31 bits per heavy atom. The third kappa shape index (κ3) is 6.59. The molecule has 4 aromatic rings. The lowest BCUT2D eigenvalue weighted by molar-refractivity contribution is 0.0870. The summed E-state index contributed by atoms with van der Waals surface area (Å²) in [6.07, 6.45) is -0.954. The van der Waals surface area contributed by atoms with Gasteiger partial charge in [-0.1, -0.05) is 83.0 Å². The highest BCUT2D eigenvalue weighted by molar-refractivity contribution is 8.04. The fraction of sp³-hybridized carbons (Fsp3) is 0.222. The Morgan fingerprint density at radius 3 is 1.93 bits per heavy atom. The minimum atomic E-state index is -4.51. The number of rotatable bonds is 10. The first-order valence-corrected chi connectivity index (χ1v) is 17.4. The SMILES string of the molecule is Cc1ccc(C2ON=C(c3ccccc3)C2S(=O)(=O)Cc2nnc(CS(=O)(=O)NS(=O)(=O)c3ccc(C)cc3)o2)cc1. The van der Waals surface area contributed by atoms with Crippen LogP contribution in [0.3, 0.4) is 0 Å². The molecule has 220 valence electrons. The highest BCUT2D eigenvalue weighted by atomic mass is 32.3. The van der Waals surface area contributed by atoms with E-state index in [9.17, 15) is 25.3 Å². The summed E-state index contributed by atoms with van der Waals surface area (Å²) in [5, 5.41) is 10.2. The number of nitrogens with zero attached hydrogens (tertiary/aromatic N) is 3. The second kappa shape index (κ2) is 11.4. The number of benzene rings is 3. The Kier molecular flexibility index (Phi) is 8.02. The molecule has 0 radical (unpaired) electrons. The van der Waals surface area contributed by atoms with Crippen molar-refractivity contribution in [3.63, 3.8) is 0 Å². The van der Waals surface area contributed by atoms with Gasteiger partial charge in [-0.3, -0.25) is 0 Å². The number of nitrogens with one attached hydrogen (secondary N) is 1. The topological polar surface area (TPSA) is 175 Å². The molecule has 0 bridgehead atoms. The van der Waals surface area contributed by atoms with Crippen molar-refractivity contribution in [2.24, 2.45) is 5.16 Å². The van der Waals surface area contributed by atoms with Gasteiger partial charge in [-0.25, -0.2) is 25.3 Å². The summed E-state index contributed by atoms with van der Waals surface area (Å²) in [5.41, 5.74) is 3.13. The van der Waals surface area contributed by atoms with E-state index in [0.717, 1.165) is 11.1 Å². The quantitative estimate of drug-likeness (QED) is 0.274. The smallest absolute Gasteiger partial charge is 0.253 e. The molecule has 2 atom stereocenters. The minimum absolute atomic E-state index is 0.203. The van der Waals surface area contributed by atoms with Crippen molar-refractivity contribution in [2.45, 2.75) is 41.6 Å². The summed E-state index contributed by atoms with van der Waals surface area (Å²) in [4.78, 5) is 5.40. The van der Waals surface area contributed by atoms with Crippen molar-refractivity contribution in [3.8, 4) is 0 Å². The standard InChI is InChI=1S/C27H26N4O8S3/c1-18-8-12-21(13-9-18)26-27(25(30-39-26)20-6-4-3-5-7-20)40(32,33)16-23-28-29-24(38-23)17-41(34,35)31-42(36,37)22-14-10-19(2)11-15-22/h3-15,26-27,31H,16-17H2,1-2H3. The van der Waals surface area contributed by atoms with Gasteiger partial charge in [0.1, 0.15) is 17.2 Å². The Bertz CT molecular complexity index is 1940. The maximum atomic E-state index is 13.8. The zero-order valence-corrected chi connectivity index (χ0v) is 24.9. The zero-order valence-electron chi connectivity index (χ0n) is 22.4. The van der Waals surface area contributed by atoms with E-state index in [0.29, 0.717) is 11.1 Å². The Labute approximate surface area is 243 Å². The summed E-state index contributed by atoms with van der Waals surface area (Å²) in [6, 6.07) is 21.5. The number of hydrogen-bond acceptors (Lipinski definition) is 11. The number of oxime groups is 1. The van der Waals surface area contributed by atoms with E-state index in [1.54, 1.807) is 53.5 Å². The van der Waals surface area contributed by atoms with E-state index in [-0.39, 0.29) is 16.5 Å². The van der Waals surface area contributed by atoms with Crippen LogP contribution in [0.15, 0.2) is 93.3 Å². The van der Waals surface area contributed by atoms with Crippen molar-refractivity contribution in [2.75, 3.05) is 0 Å². The number of sulfone groups is 1. The molecule has 3 aromatic carbocycles. The maximum Gasteiger partial charge on any atom is 0.253 e. The second-order valence-electron chi connectivity index (χ2n) is 9.76. The fourth-order valence-electron chi connectivity index (χ4n) is 4.33. The molecule has 2 unspecified atom stereocenters. The van der Waals surface area contributed by atoms with Gasteiger partial charge in [0.05, 0.1) is 4.90 Å². The normalized spacial score (nSPS) is 17.5. The Hall–Kier alpha value is -3.92. The molecule has 2 heterocycles. The van der Waals surface area contributed by atoms with Crippen LogP contribution in [-0.2, 0) is 46.2 Å². The summed E-state index contributed by atoms with van der Waals surface area (Å²) in [5.74, 6) is -2.58. The lowest BCUT2D eigenvalue weighted by Gasteiger charge is -2.19. The lowest BCUT2D eigenvalue weighted by atomic mass is 9.99. The maximum absolute atomic E-state index is 13.8. The molecule has 1 N–H and O–H groups in total. The number of aryl methyl sites for hydroxylation is 2. The molecule has 5 rings (SSSR count). The highest BCUT2D eigenvalue weighted by Crippen LogP contribution is 2.36. The molecular weight excluding hydrogens is 605 g/mol. The van der Waals surface area contributed by atoms with Crippen molar-refractivity contribution in [3.05, 3.63) is 113 Å². The monoisotopic (exact) mass is 630 g/mol. The number of sulfonamides is 2. The van der Waals surface area contributed by atoms with Crippen LogP contribution in [0, 0.1) is 13.8 Å². The van der Waals surface area contributed by atoms with E-state index in [2.05, 4.69) is 15.4 Å². The summed E-state index contributed by atoms with van der Waals surface area (Å²) < 4.78 is 84.9.